The quantitative estimate of drug-likeness (QED) is 0.638. The molecule has 1 aliphatic heterocycles. The van der Waals surface area contributed by atoms with Crippen molar-refractivity contribution < 1.29 is 20.1 Å². The van der Waals surface area contributed by atoms with Gasteiger partial charge in [0.2, 0.25) is 0 Å². The molecule has 0 aliphatic carbocycles. The summed E-state index contributed by atoms with van der Waals surface area (Å²) in [6.45, 7) is 1.68. The molecule has 5 unspecified atom stereocenters. The van der Waals surface area contributed by atoms with Crippen LogP contribution in [0.3, 0.4) is 0 Å². The fraction of sp³-hybridized carbons (Fsp3) is 0.500. The Morgan fingerprint density at radius 2 is 1.56 bits per heavy atom. The Balaban J connectivity index is 2.23. The standard InChI is InChI=1S/C12H16O4/c1-7-9(13)10(14)11(15)12(16-7)8-5-3-2-4-6-8/h2-7,9-15H,1H3. The van der Waals surface area contributed by atoms with Crippen LogP contribution in [-0.4, -0.2) is 39.7 Å². The number of ether oxygens (including phenoxy) is 1. The van der Waals surface area contributed by atoms with E-state index in [0.29, 0.717) is 0 Å². The van der Waals surface area contributed by atoms with E-state index in [1.807, 2.05) is 30.3 Å². The van der Waals surface area contributed by atoms with E-state index in [1.54, 1.807) is 6.92 Å². The summed E-state index contributed by atoms with van der Waals surface area (Å²) in [4.78, 5) is 0. The molecule has 0 spiro atoms. The van der Waals surface area contributed by atoms with Gasteiger partial charge >= 0.3 is 0 Å². The van der Waals surface area contributed by atoms with E-state index < -0.39 is 30.5 Å². The molecule has 5 atom stereocenters. The highest BCUT2D eigenvalue weighted by molar-refractivity contribution is 5.20. The van der Waals surface area contributed by atoms with Crippen molar-refractivity contribution in [3.05, 3.63) is 35.9 Å². The maximum atomic E-state index is 9.84. The minimum absolute atomic E-state index is 0.497. The van der Waals surface area contributed by atoms with Crippen LogP contribution in [0.1, 0.15) is 18.6 Å². The smallest absolute Gasteiger partial charge is 0.113 e. The van der Waals surface area contributed by atoms with Crippen LogP contribution in [0.4, 0.5) is 0 Å². The molecule has 1 aromatic carbocycles. The van der Waals surface area contributed by atoms with Gasteiger partial charge in [-0.05, 0) is 12.5 Å². The van der Waals surface area contributed by atoms with Gasteiger partial charge in [-0.25, -0.2) is 0 Å². The van der Waals surface area contributed by atoms with E-state index in [0.717, 1.165) is 5.56 Å². The van der Waals surface area contributed by atoms with E-state index in [1.165, 1.54) is 0 Å². The third-order valence-electron chi connectivity index (χ3n) is 2.98. The molecular formula is C12H16O4. The summed E-state index contributed by atoms with van der Waals surface area (Å²) in [6, 6.07) is 9.20. The van der Waals surface area contributed by atoms with Gasteiger partial charge in [-0.1, -0.05) is 30.3 Å². The second-order valence-electron chi connectivity index (χ2n) is 4.14. The number of hydrogen-bond donors (Lipinski definition) is 3. The monoisotopic (exact) mass is 224 g/mol. The summed E-state index contributed by atoms with van der Waals surface area (Å²) in [5, 5.41) is 29.1. The van der Waals surface area contributed by atoms with Crippen LogP contribution in [0, 0.1) is 0 Å². The molecular weight excluding hydrogens is 208 g/mol. The van der Waals surface area contributed by atoms with Gasteiger partial charge in [0.25, 0.3) is 0 Å². The average molecular weight is 224 g/mol. The van der Waals surface area contributed by atoms with Crippen molar-refractivity contribution in [2.75, 3.05) is 0 Å². The third kappa shape index (κ3) is 1.97. The zero-order chi connectivity index (χ0) is 11.7. The normalized spacial score (nSPS) is 39.6. The second-order valence-corrected chi connectivity index (χ2v) is 4.14. The van der Waals surface area contributed by atoms with Gasteiger partial charge in [0.1, 0.15) is 24.4 Å². The van der Waals surface area contributed by atoms with Gasteiger partial charge in [0, 0.05) is 0 Å². The second kappa shape index (κ2) is 4.51. The highest BCUT2D eigenvalue weighted by atomic mass is 16.5. The number of aliphatic hydroxyl groups is 3. The molecule has 0 aromatic heterocycles. The topological polar surface area (TPSA) is 69.9 Å². The Morgan fingerprint density at radius 1 is 0.938 bits per heavy atom. The first-order valence-electron chi connectivity index (χ1n) is 5.36. The van der Waals surface area contributed by atoms with Crippen LogP contribution < -0.4 is 0 Å². The highest BCUT2D eigenvalue weighted by Crippen LogP contribution is 2.31. The average Bonchev–Trinajstić information content (AvgIpc) is 2.32. The van der Waals surface area contributed by atoms with Crippen LogP contribution in [0.15, 0.2) is 30.3 Å². The molecule has 3 N–H and O–H groups in total. The predicted molar refractivity (Wildman–Crippen MR) is 57.8 cm³/mol. The molecule has 1 fully saturated rings. The molecule has 1 saturated heterocycles. The van der Waals surface area contributed by atoms with Gasteiger partial charge in [0.05, 0.1) is 6.10 Å². The summed E-state index contributed by atoms with van der Waals surface area (Å²) in [7, 11) is 0. The number of hydrogen-bond acceptors (Lipinski definition) is 4. The van der Waals surface area contributed by atoms with E-state index in [2.05, 4.69) is 0 Å². The van der Waals surface area contributed by atoms with Crippen molar-refractivity contribution in [2.45, 2.75) is 37.4 Å². The molecule has 16 heavy (non-hydrogen) atoms. The molecule has 0 radical (unpaired) electrons. The summed E-state index contributed by atoms with van der Waals surface area (Å²) in [6.07, 6.45) is -4.41. The van der Waals surface area contributed by atoms with E-state index >= 15 is 0 Å². The Morgan fingerprint density at radius 3 is 2.19 bits per heavy atom. The van der Waals surface area contributed by atoms with Crippen LogP contribution >= 0.6 is 0 Å². The zero-order valence-electron chi connectivity index (χ0n) is 9.02. The lowest BCUT2D eigenvalue weighted by Gasteiger charge is -2.39. The number of aliphatic hydroxyl groups excluding tert-OH is 3. The molecule has 1 heterocycles. The highest BCUT2D eigenvalue weighted by Gasteiger charge is 2.42. The van der Waals surface area contributed by atoms with Crippen LogP contribution in [-0.2, 0) is 4.74 Å². The molecule has 0 saturated carbocycles. The van der Waals surface area contributed by atoms with Crippen LogP contribution in [0.25, 0.3) is 0 Å². The Kier molecular flexibility index (Phi) is 3.25. The fourth-order valence-electron chi connectivity index (χ4n) is 1.97. The minimum Gasteiger partial charge on any atom is -0.388 e. The minimum atomic E-state index is -1.17. The number of benzene rings is 1. The van der Waals surface area contributed by atoms with Crippen molar-refractivity contribution >= 4 is 0 Å². The van der Waals surface area contributed by atoms with Crippen molar-refractivity contribution in [3.8, 4) is 0 Å². The van der Waals surface area contributed by atoms with Crippen molar-refractivity contribution in [3.63, 3.8) is 0 Å². The van der Waals surface area contributed by atoms with E-state index in [-0.39, 0.29) is 0 Å². The summed E-state index contributed by atoms with van der Waals surface area (Å²) < 4.78 is 5.51. The van der Waals surface area contributed by atoms with E-state index in [4.69, 9.17) is 4.74 Å². The SMILES string of the molecule is CC1OC(c2ccccc2)C(O)C(O)C1O. The summed E-state index contributed by atoms with van der Waals surface area (Å²) in [5.41, 5.74) is 0.799. The molecule has 1 aromatic rings. The molecule has 0 amide bonds. The van der Waals surface area contributed by atoms with Gasteiger partial charge in [-0.15, -0.1) is 0 Å². The first-order valence-corrected chi connectivity index (χ1v) is 5.36. The van der Waals surface area contributed by atoms with Gasteiger partial charge in [0.15, 0.2) is 0 Å². The maximum Gasteiger partial charge on any atom is 0.113 e. The fourth-order valence-corrected chi connectivity index (χ4v) is 1.97. The zero-order valence-corrected chi connectivity index (χ0v) is 9.02. The van der Waals surface area contributed by atoms with Gasteiger partial charge in [-0.2, -0.15) is 0 Å². The molecule has 4 nitrogen and oxygen atoms in total. The molecule has 0 bridgehead atoms. The lowest BCUT2D eigenvalue weighted by Crippen LogP contribution is -2.53. The Labute approximate surface area is 94.1 Å². The summed E-state index contributed by atoms with van der Waals surface area (Å²) in [5.74, 6) is 0. The van der Waals surface area contributed by atoms with E-state index in [9.17, 15) is 15.3 Å². The lowest BCUT2D eigenvalue weighted by molar-refractivity contribution is -0.219. The van der Waals surface area contributed by atoms with Gasteiger partial charge in [-0.3, -0.25) is 0 Å². The third-order valence-corrected chi connectivity index (χ3v) is 2.98. The van der Waals surface area contributed by atoms with Crippen molar-refractivity contribution in [1.29, 1.82) is 0 Å². The lowest BCUT2D eigenvalue weighted by atomic mass is 9.92. The molecule has 88 valence electrons. The number of rotatable bonds is 1. The largest absolute Gasteiger partial charge is 0.388 e. The Hall–Kier alpha value is -0.940. The van der Waals surface area contributed by atoms with Gasteiger partial charge < -0.3 is 20.1 Å². The van der Waals surface area contributed by atoms with Crippen molar-refractivity contribution in [1.82, 2.24) is 0 Å². The maximum absolute atomic E-state index is 9.84. The van der Waals surface area contributed by atoms with Crippen molar-refractivity contribution in [2.24, 2.45) is 0 Å². The molecule has 1 aliphatic rings. The Bertz CT molecular complexity index is 340. The predicted octanol–water partition coefficient (Wildman–Crippen LogP) is 0.229. The van der Waals surface area contributed by atoms with Crippen LogP contribution in [0.2, 0.25) is 0 Å². The van der Waals surface area contributed by atoms with Crippen LogP contribution in [0.5, 0.6) is 0 Å². The summed E-state index contributed by atoms with van der Waals surface area (Å²) >= 11 is 0. The first kappa shape index (κ1) is 11.5. The molecule has 2 rings (SSSR count). The first-order chi connectivity index (χ1) is 7.61. The molecule has 4 heteroatoms.